The molecule has 0 bridgehead atoms. The van der Waals surface area contributed by atoms with Crippen LogP contribution in [0.15, 0.2) is 35.5 Å². The summed E-state index contributed by atoms with van der Waals surface area (Å²) in [5.74, 6) is -0.857. The first-order valence-electron chi connectivity index (χ1n) is 9.68. The SMILES string of the molecule is CNC(=O)CN1Cc2c(C(=O)NCC3CCCO3)ncn2-c2ccccc2S1(=O)=O. The minimum atomic E-state index is -3.96. The van der Waals surface area contributed by atoms with Crippen LogP contribution in [0.1, 0.15) is 29.0 Å². The van der Waals surface area contributed by atoms with Gasteiger partial charge < -0.3 is 15.4 Å². The van der Waals surface area contributed by atoms with Crippen LogP contribution in [-0.4, -0.2) is 66.9 Å². The number of ether oxygens (including phenoxy) is 1. The molecule has 3 heterocycles. The number of amides is 2. The molecule has 10 nitrogen and oxygen atoms in total. The van der Waals surface area contributed by atoms with Crippen LogP contribution in [0.4, 0.5) is 0 Å². The molecule has 2 N–H and O–H groups in total. The van der Waals surface area contributed by atoms with Crippen LogP contribution in [0.3, 0.4) is 0 Å². The zero-order chi connectivity index (χ0) is 21.3. The van der Waals surface area contributed by atoms with Crippen LogP contribution < -0.4 is 10.6 Å². The van der Waals surface area contributed by atoms with E-state index in [-0.39, 0.29) is 29.8 Å². The highest BCUT2D eigenvalue weighted by atomic mass is 32.2. The first kappa shape index (κ1) is 20.5. The number of hydrogen-bond acceptors (Lipinski definition) is 6. The molecular weight excluding hydrogens is 410 g/mol. The molecule has 2 aliphatic rings. The maximum atomic E-state index is 13.2. The molecule has 1 aromatic heterocycles. The highest BCUT2D eigenvalue weighted by Crippen LogP contribution is 2.31. The van der Waals surface area contributed by atoms with E-state index >= 15 is 0 Å². The Morgan fingerprint density at radius 1 is 1.30 bits per heavy atom. The molecule has 0 saturated carbocycles. The van der Waals surface area contributed by atoms with Gasteiger partial charge in [-0.2, -0.15) is 4.31 Å². The normalized spacial score (nSPS) is 20.1. The molecule has 4 rings (SSSR count). The Labute approximate surface area is 174 Å². The third-order valence-corrected chi connectivity index (χ3v) is 7.10. The van der Waals surface area contributed by atoms with E-state index in [1.54, 1.807) is 22.8 Å². The van der Waals surface area contributed by atoms with E-state index in [1.165, 1.54) is 19.4 Å². The zero-order valence-corrected chi connectivity index (χ0v) is 17.3. The molecular formula is C19H23N5O5S. The zero-order valence-electron chi connectivity index (χ0n) is 16.5. The van der Waals surface area contributed by atoms with E-state index in [0.29, 0.717) is 24.5 Å². The van der Waals surface area contributed by atoms with E-state index in [2.05, 4.69) is 15.6 Å². The van der Waals surface area contributed by atoms with Crippen molar-refractivity contribution in [3.63, 3.8) is 0 Å². The van der Waals surface area contributed by atoms with Crippen molar-refractivity contribution in [3.05, 3.63) is 42.0 Å². The molecule has 2 aliphatic heterocycles. The number of rotatable bonds is 5. The molecule has 0 aliphatic carbocycles. The number of aromatic nitrogens is 2. The molecule has 1 unspecified atom stereocenters. The Balaban J connectivity index is 1.71. The molecule has 2 amide bonds. The number of carbonyl (C=O) groups excluding carboxylic acids is 2. The topological polar surface area (TPSA) is 123 Å². The molecule has 30 heavy (non-hydrogen) atoms. The minimum Gasteiger partial charge on any atom is -0.376 e. The van der Waals surface area contributed by atoms with Crippen molar-refractivity contribution < 1.29 is 22.7 Å². The molecule has 2 aromatic rings. The standard InChI is InChI=1S/C19H23N5O5S/c1-20-17(25)11-23-10-15-18(19(26)21-9-13-5-4-8-29-13)22-12-24(15)14-6-2-3-7-16(14)30(23,27)28/h2-3,6-7,12-13H,4-5,8-11H2,1H3,(H,20,25)(H,21,26). The summed E-state index contributed by atoms with van der Waals surface area (Å²) >= 11 is 0. The first-order valence-corrected chi connectivity index (χ1v) is 11.1. The van der Waals surface area contributed by atoms with Gasteiger partial charge in [-0.15, -0.1) is 0 Å². The Morgan fingerprint density at radius 3 is 2.83 bits per heavy atom. The number of nitrogens with one attached hydrogen (secondary N) is 2. The van der Waals surface area contributed by atoms with Crippen LogP contribution in [0, 0.1) is 0 Å². The lowest BCUT2D eigenvalue weighted by molar-refractivity contribution is -0.120. The average molecular weight is 433 g/mol. The van der Waals surface area contributed by atoms with Crippen molar-refractivity contribution in [1.29, 1.82) is 0 Å². The average Bonchev–Trinajstić information content (AvgIpc) is 3.39. The van der Waals surface area contributed by atoms with Crippen LogP contribution in [-0.2, 0) is 26.1 Å². The summed E-state index contributed by atoms with van der Waals surface area (Å²) in [5, 5.41) is 5.26. The molecule has 1 atom stereocenters. The number of sulfonamides is 1. The van der Waals surface area contributed by atoms with Crippen molar-refractivity contribution in [2.24, 2.45) is 0 Å². The predicted molar refractivity (Wildman–Crippen MR) is 107 cm³/mol. The second kappa shape index (κ2) is 8.17. The van der Waals surface area contributed by atoms with E-state index in [1.807, 2.05) is 0 Å². The number of hydrogen-bond donors (Lipinski definition) is 2. The molecule has 1 aromatic carbocycles. The fraction of sp³-hybridized carbons (Fsp3) is 0.421. The summed E-state index contributed by atoms with van der Waals surface area (Å²) in [6, 6.07) is 6.46. The van der Waals surface area contributed by atoms with Gasteiger partial charge in [0, 0.05) is 20.2 Å². The first-order chi connectivity index (χ1) is 14.4. The van der Waals surface area contributed by atoms with Gasteiger partial charge in [0.15, 0.2) is 5.69 Å². The summed E-state index contributed by atoms with van der Waals surface area (Å²) in [7, 11) is -2.52. The van der Waals surface area contributed by atoms with Gasteiger partial charge in [0.1, 0.15) is 11.2 Å². The lowest BCUT2D eigenvalue weighted by Crippen LogP contribution is -2.39. The lowest BCUT2D eigenvalue weighted by Gasteiger charge is -2.19. The number of benzene rings is 1. The number of nitrogens with zero attached hydrogens (tertiary/aromatic N) is 3. The second-order valence-electron chi connectivity index (χ2n) is 7.17. The van der Waals surface area contributed by atoms with Crippen molar-refractivity contribution >= 4 is 21.8 Å². The van der Waals surface area contributed by atoms with Crippen LogP contribution in [0.25, 0.3) is 5.69 Å². The van der Waals surface area contributed by atoms with Crippen LogP contribution >= 0.6 is 0 Å². The van der Waals surface area contributed by atoms with E-state index in [9.17, 15) is 18.0 Å². The van der Waals surface area contributed by atoms with Crippen molar-refractivity contribution in [1.82, 2.24) is 24.5 Å². The quantitative estimate of drug-likeness (QED) is 0.686. The van der Waals surface area contributed by atoms with Gasteiger partial charge in [-0.1, -0.05) is 12.1 Å². The summed E-state index contributed by atoms with van der Waals surface area (Å²) in [5.41, 5.74) is 0.914. The van der Waals surface area contributed by atoms with Gasteiger partial charge in [-0.05, 0) is 25.0 Å². The van der Waals surface area contributed by atoms with E-state index < -0.39 is 21.8 Å². The summed E-state index contributed by atoms with van der Waals surface area (Å²) in [6.45, 7) is 0.522. The van der Waals surface area contributed by atoms with Gasteiger partial charge in [-0.25, -0.2) is 13.4 Å². The van der Waals surface area contributed by atoms with Gasteiger partial charge in [-0.3, -0.25) is 14.2 Å². The van der Waals surface area contributed by atoms with Gasteiger partial charge in [0.25, 0.3) is 5.91 Å². The highest BCUT2D eigenvalue weighted by molar-refractivity contribution is 7.89. The van der Waals surface area contributed by atoms with Gasteiger partial charge in [0.2, 0.25) is 15.9 Å². The number of para-hydroxylation sites is 1. The summed E-state index contributed by atoms with van der Waals surface area (Å²) in [6.07, 6.45) is 3.26. The van der Waals surface area contributed by atoms with Crippen LogP contribution in [0.5, 0.6) is 0 Å². The third kappa shape index (κ3) is 3.71. The lowest BCUT2D eigenvalue weighted by atomic mass is 10.2. The maximum absolute atomic E-state index is 13.2. The van der Waals surface area contributed by atoms with Crippen LogP contribution in [0.2, 0.25) is 0 Å². The third-order valence-electron chi connectivity index (χ3n) is 5.26. The smallest absolute Gasteiger partial charge is 0.271 e. The summed E-state index contributed by atoms with van der Waals surface area (Å²) in [4.78, 5) is 29.1. The summed E-state index contributed by atoms with van der Waals surface area (Å²) < 4.78 is 34.6. The highest BCUT2D eigenvalue weighted by Gasteiger charge is 2.35. The van der Waals surface area contributed by atoms with E-state index in [0.717, 1.165) is 17.1 Å². The van der Waals surface area contributed by atoms with Crippen molar-refractivity contribution in [2.45, 2.75) is 30.4 Å². The Bertz CT molecular complexity index is 1070. The fourth-order valence-corrected chi connectivity index (χ4v) is 5.20. The molecule has 0 radical (unpaired) electrons. The van der Waals surface area contributed by atoms with Crippen molar-refractivity contribution in [3.8, 4) is 5.69 Å². The van der Waals surface area contributed by atoms with Gasteiger partial charge in [0.05, 0.1) is 30.6 Å². The number of likely N-dealkylation sites (N-methyl/N-ethyl adjacent to an activating group) is 1. The fourth-order valence-electron chi connectivity index (χ4n) is 3.66. The molecule has 160 valence electrons. The molecule has 1 saturated heterocycles. The monoisotopic (exact) mass is 433 g/mol. The molecule has 0 spiro atoms. The molecule has 1 fully saturated rings. The minimum absolute atomic E-state index is 0.0268. The maximum Gasteiger partial charge on any atom is 0.271 e. The Morgan fingerprint density at radius 2 is 2.10 bits per heavy atom. The van der Waals surface area contributed by atoms with Gasteiger partial charge >= 0.3 is 0 Å². The number of carbonyl (C=O) groups is 2. The van der Waals surface area contributed by atoms with Crippen molar-refractivity contribution in [2.75, 3.05) is 26.7 Å². The molecule has 11 heteroatoms. The number of imidazole rings is 1. The second-order valence-corrected chi connectivity index (χ2v) is 9.08. The number of fused-ring (bicyclic) bond motifs is 3. The Hall–Kier alpha value is -2.76. The largest absolute Gasteiger partial charge is 0.376 e. The Kier molecular flexibility index (Phi) is 5.58. The predicted octanol–water partition coefficient (Wildman–Crippen LogP) is 0.0314. The van der Waals surface area contributed by atoms with E-state index in [4.69, 9.17) is 4.74 Å².